The van der Waals surface area contributed by atoms with Crippen LogP contribution in [-0.2, 0) is 0 Å². The van der Waals surface area contributed by atoms with E-state index in [4.69, 9.17) is 5.26 Å². The molecule has 0 fully saturated rings. The van der Waals surface area contributed by atoms with Crippen molar-refractivity contribution in [2.75, 3.05) is 0 Å². The Labute approximate surface area is 64.8 Å². The first kappa shape index (κ1) is 7.57. The van der Waals surface area contributed by atoms with Crippen LogP contribution in [0.1, 0.15) is 6.92 Å². The molecule has 2 heteroatoms. The summed E-state index contributed by atoms with van der Waals surface area (Å²) in [7, 11) is 0. The van der Waals surface area contributed by atoms with Crippen LogP contribution in [0.4, 0.5) is 4.39 Å². The van der Waals surface area contributed by atoms with E-state index in [-0.39, 0.29) is 5.57 Å². The number of nitriles is 1. The first-order valence-corrected chi connectivity index (χ1v) is 3.18. The fraction of sp³-hybridized carbons (Fsp3) is 0.222. The summed E-state index contributed by atoms with van der Waals surface area (Å²) in [6.07, 6.45) is 1.67. The summed E-state index contributed by atoms with van der Waals surface area (Å²) in [4.78, 5) is 0. The Balaban J connectivity index is 3.04. The van der Waals surface area contributed by atoms with Gasteiger partial charge in [-0.15, -0.1) is 0 Å². The maximum Gasteiger partial charge on any atom is 0.195 e. The van der Waals surface area contributed by atoms with Crippen LogP contribution in [0.3, 0.4) is 0 Å². The molecule has 0 aromatic carbocycles. The number of allylic oxidation sites excluding steroid dienone is 4. The van der Waals surface area contributed by atoms with E-state index in [0.29, 0.717) is 0 Å². The van der Waals surface area contributed by atoms with Gasteiger partial charge in [-0.1, -0.05) is 11.8 Å². The number of hydrogen-bond donors (Lipinski definition) is 0. The molecule has 0 bridgehead atoms. The van der Waals surface area contributed by atoms with E-state index < -0.39 is 6.17 Å². The summed E-state index contributed by atoms with van der Waals surface area (Å²) >= 11 is 0. The molecule has 54 valence electrons. The Bertz CT molecular complexity index is 320. The van der Waals surface area contributed by atoms with Crippen molar-refractivity contribution in [1.82, 2.24) is 0 Å². The smallest absolute Gasteiger partial charge is 0.195 e. The van der Waals surface area contributed by atoms with Gasteiger partial charge >= 0.3 is 0 Å². The van der Waals surface area contributed by atoms with Gasteiger partial charge in [0.05, 0.1) is 11.6 Å². The van der Waals surface area contributed by atoms with Crippen molar-refractivity contribution in [2.45, 2.75) is 13.1 Å². The molecule has 11 heavy (non-hydrogen) atoms. The van der Waals surface area contributed by atoms with Gasteiger partial charge in [0.1, 0.15) is 0 Å². The summed E-state index contributed by atoms with van der Waals surface area (Å²) in [6.45, 7) is 1.77. The van der Waals surface area contributed by atoms with Gasteiger partial charge in [0.15, 0.2) is 6.17 Å². The van der Waals surface area contributed by atoms with Crippen LogP contribution < -0.4 is 0 Å². The van der Waals surface area contributed by atoms with E-state index in [2.05, 4.69) is 11.8 Å². The average Bonchev–Trinajstić information content (AvgIpc) is 2.15. The van der Waals surface area contributed by atoms with Crippen molar-refractivity contribution in [3.05, 3.63) is 23.3 Å². The van der Waals surface area contributed by atoms with E-state index in [1.807, 2.05) is 0 Å². The molecule has 0 radical (unpaired) electrons. The second-order valence-corrected chi connectivity index (χ2v) is 2.22. The van der Waals surface area contributed by atoms with Gasteiger partial charge in [0.25, 0.3) is 0 Å². The minimum atomic E-state index is -1.42. The van der Waals surface area contributed by atoms with E-state index in [0.717, 1.165) is 5.57 Å². The topological polar surface area (TPSA) is 23.8 Å². The molecule has 1 atom stereocenters. The van der Waals surface area contributed by atoms with E-state index in [9.17, 15) is 4.39 Å². The van der Waals surface area contributed by atoms with Crippen LogP contribution in [0.25, 0.3) is 0 Å². The zero-order chi connectivity index (χ0) is 8.27. The fourth-order valence-electron chi connectivity index (χ4n) is 0.690. The molecule has 0 spiro atoms. The van der Waals surface area contributed by atoms with Crippen molar-refractivity contribution in [2.24, 2.45) is 0 Å². The number of hydrogen-bond acceptors (Lipinski definition) is 1. The Kier molecular flexibility index (Phi) is 2.09. The third kappa shape index (κ3) is 1.69. The first-order valence-electron chi connectivity index (χ1n) is 3.18. The van der Waals surface area contributed by atoms with Gasteiger partial charge in [0, 0.05) is 0 Å². The lowest BCUT2D eigenvalue weighted by Gasteiger charge is -1.92. The minimum absolute atomic E-state index is 0.0781. The third-order valence-corrected chi connectivity index (χ3v) is 1.31. The van der Waals surface area contributed by atoms with Gasteiger partial charge in [-0.25, -0.2) is 4.39 Å². The molecule has 0 saturated heterocycles. The Morgan fingerprint density at radius 1 is 1.64 bits per heavy atom. The Hall–Kier alpha value is -1.54. The molecule has 0 saturated carbocycles. The minimum Gasteiger partial charge on any atom is -0.227 e. The van der Waals surface area contributed by atoms with Crippen LogP contribution in [0.2, 0.25) is 0 Å². The lowest BCUT2D eigenvalue weighted by atomic mass is 10.2. The van der Waals surface area contributed by atoms with Gasteiger partial charge in [-0.2, -0.15) is 5.26 Å². The molecule has 1 rings (SSSR count). The number of alkyl halides is 1. The summed E-state index contributed by atoms with van der Waals surface area (Å²) in [6, 6.07) is 1.75. The molecule has 1 nitrogen and oxygen atoms in total. The van der Waals surface area contributed by atoms with E-state index >= 15 is 0 Å². The van der Waals surface area contributed by atoms with Crippen LogP contribution in [0.5, 0.6) is 0 Å². The molecule has 0 N–H and O–H groups in total. The van der Waals surface area contributed by atoms with E-state index in [1.54, 1.807) is 19.1 Å². The molecule has 0 amide bonds. The average molecular weight is 147 g/mol. The summed E-state index contributed by atoms with van der Waals surface area (Å²) < 4.78 is 12.8. The molecule has 0 aromatic heterocycles. The van der Waals surface area contributed by atoms with Crippen molar-refractivity contribution < 1.29 is 4.39 Å². The molecule has 1 aliphatic carbocycles. The summed E-state index contributed by atoms with van der Waals surface area (Å²) in [5.74, 6) is 4.91. The highest BCUT2D eigenvalue weighted by molar-refractivity contribution is 5.44. The lowest BCUT2D eigenvalue weighted by molar-refractivity contribution is 0.470. The molecular formula is C9H6FN. The van der Waals surface area contributed by atoms with Gasteiger partial charge < -0.3 is 0 Å². The van der Waals surface area contributed by atoms with Gasteiger partial charge in [-0.3, -0.25) is 0 Å². The standard InChI is InChI=1S/C9H6FN/c1-7-2-4-8(6-11)9(10)5-3-7/h2,4,9H,1H3. The van der Waals surface area contributed by atoms with Crippen LogP contribution in [0, 0.1) is 23.2 Å². The molecule has 0 heterocycles. The first-order chi connectivity index (χ1) is 5.24. The number of rotatable bonds is 0. The highest BCUT2D eigenvalue weighted by atomic mass is 19.1. The molecule has 0 aliphatic heterocycles. The molecular weight excluding hydrogens is 141 g/mol. The maximum atomic E-state index is 12.8. The highest BCUT2D eigenvalue weighted by Gasteiger charge is 2.09. The zero-order valence-corrected chi connectivity index (χ0v) is 6.06. The predicted octanol–water partition coefficient (Wildman–Crippen LogP) is 1.74. The zero-order valence-electron chi connectivity index (χ0n) is 6.06. The Morgan fingerprint density at radius 2 is 2.36 bits per heavy atom. The highest BCUT2D eigenvalue weighted by Crippen LogP contribution is 2.09. The van der Waals surface area contributed by atoms with Crippen molar-refractivity contribution in [3.8, 4) is 17.9 Å². The third-order valence-electron chi connectivity index (χ3n) is 1.31. The predicted molar refractivity (Wildman–Crippen MR) is 40.1 cm³/mol. The number of nitrogens with zero attached hydrogens (tertiary/aromatic N) is 1. The summed E-state index contributed by atoms with van der Waals surface area (Å²) in [5.41, 5.74) is 0.854. The van der Waals surface area contributed by atoms with Crippen molar-refractivity contribution in [1.29, 1.82) is 5.26 Å². The van der Waals surface area contributed by atoms with Gasteiger partial charge in [-0.05, 0) is 24.6 Å². The second-order valence-electron chi connectivity index (χ2n) is 2.22. The lowest BCUT2D eigenvalue weighted by Crippen LogP contribution is -1.97. The van der Waals surface area contributed by atoms with E-state index in [1.165, 1.54) is 6.08 Å². The van der Waals surface area contributed by atoms with Crippen molar-refractivity contribution >= 4 is 0 Å². The van der Waals surface area contributed by atoms with Crippen LogP contribution in [0.15, 0.2) is 23.3 Å². The van der Waals surface area contributed by atoms with Crippen LogP contribution in [-0.4, -0.2) is 6.17 Å². The second kappa shape index (κ2) is 3.03. The number of halogens is 1. The quantitative estimate of drug-likeness (QED) is 0.479. The van der Waals surface area contributed by atoms with Gasteiger partial charge in [0.2, 0.25) is 0 Å². The monoisotopic (exact) mass is 147 g/mol. The fourth-order valence-corrected chi connectivity index (χ4v) is 0.690. The normalized spacial score (nSPS) is 21.7. The van der Waals surface area contributed by atoms with Crippen molar-refractivity contribution in [3.63, 3.8) is 0 Å². The molecule has 1 aliphatic rings. The molecule has 0 aromatic rings. The Morgan fingerprint density at radius 3 is 3.00 bits per heavy atom. The van der Waals surface area contributed by atoms with Crippen LogP contribution >= 0.6 is 0 Å². The SMILES string of the molecule is CC1=CC=C(C#N)C(F)C#C1. The maximum absolute atomic E-state index is 12.8. The largest absolute Gasteiger partial charge is 0.227 e. The molecule has 1 unspecified atom stereocenters. The summed E-state index contributed by atoms with van der Waals surface area (Å²) in [5, 5.41) is 8.42.